The topological polar surface area (TPSA) is 20.2 Å². The van der Waals surface area contributed by atoms with E-state index in [-0.39, 0.29) is 12.0 Å². The lowest BCUT2D eigenvalue weighted by Crippen LogP contribution is -2.40. The van der Waals surface area contributed by atoms with Crippen molar-refractivity contribution in [3.8, 4) is 11.5 Å². The maximum absolute atomic E-state index is 9.77. The van der Waals surface area contributed by atoms with Gasteiger partial charge in [-0.15, -0.1) is 11.5 Å². The van der Waals surface area contributed by atoms with Gasteiger partial charge in [-0.1, -0.05) is 43.4 Å². The van der Waals surface area contributed by atoms with Crippen molar-refractivity contribution in [2.45, 2.75) is 38.5 Å². The number of aliphatic hydroxyl groups is 1. The molecular weight excluding hydrogens is 224 g/mol. The Morgan fingerprint density at radius 2 is 1.88 bits per heavy atom. The van der Waals surface area contributed by atoms with Crippen LogP contribution in [0.2, 0.25) is 13.1 Å². The molecule has 1 aromatic rings. The van der Waals surface area contributed by atoms with Gasteiger partial charge in [0.25, 0.3) is 0 Å². The first-order valence-electron chi connectivity index (χ1n) is 6.36. The molecule has 1 N–H and O–H groups in total. The molecule has 0 heterocycles. The fourth-order valence-corrected chi connectivity index (χ4v) is 4.03. The summed E-state index contributed by atoms with van der Waals surface area (Å²) >= 11 is 0. The molecule has 1 saturated carbocycles. The molecule has 0 bridgehead atoms. The second-order valence-corrected chi connectivity index (χ2v) is 9.44. The highest BCUT2D eigenvalue weighted by Crippen LogP contribution is 2.24. The molecule has 0 unspecified atom stereocenters. The lowest BCUT2D eigenvalue weighted by Gasteiger charge is -2.16. The first-order valence-corrected chi connectivity index (χ1v) is 9.36. The van der Waals surface area contributed by atoms with Crippen molar-refractivity contribution < 1.29 is 5.11 Å². The third kappa shape index (κ3) is 2.99. The van der Waals surface area contributed by atoms with Crippen molar-refractivity contribution in [2.24, 2.45) is 5.92 Å². The highest BCUT2D eigenvalue weighted by molar-refractivity contribution is 6.96. The van der Waals surface area contributed by atoms with Crippen molar-refractivity contribution in [1.29, 1.82) is 0 Å². The summed E-state index contributed by atoms with van der Waals surface area (Å²) in [5, 5.41) is 11.1. The number of rotatable bonds is 1. The van der Waals surface area contributed by atoms with Crippen LogP contribution in [0.15, 0.2) is 30.3 Å². The van der Waals surface area contributed by atoms with E-state index in [9.17, 15) is 5.11 Å². The van der Waals surface area contributed by atoms with E-state index in [1.54, 1.807) is 0 Å². The van der Waals surface area contributed by atoms with Gasteiger partial charge < -0.3 is 5.11 Å². The molecule has 0 radical (unpaired) electrons. The summed E-state index contributed by atoms with van der Waals surface area (Å²) in [6.45, 7) is 4.55. The third-order valence-electron chi connectivity index (χ3n) is 3.55. The zero-order valence-electron chi connectivity index (χ0n) is 10.6. The smallest absolute Gasteiger partial charge is 0.162 e. The number of aliphatic hydroxyl groups excluding tert-OH is 1. The van der Waals surface area contributed by atoms with Gasteiger partial charge in [-0.05, 0) is 24.4 Å². The molecule has 0 amide bonds. The van der Waals surface area contributed by atoms with E-state index in [1.165, 1.54) is 5.19 Å². The van der Waals surface area contributed by atoms with E-state index in [0.717, 1.165) is 19.3 Å². The van der Waals surface area contributed by atoms with Crippen LogP contribution in [0.1, 0.15) is 19.3 Å². The van der Waals surface area contributed by atoms with E-state index in [2.05, 4.69) is 48.8 Å². The van der Waals surface area contributed by atoms with Gasteiger partial charge in [0.15, 0.2) is 8.07 Å². The fraction of sp³-hybridized carbons (Fsp3) is 0.467. The van der Waals surface area contributed by atoms with Crippen molar-refractivity contribution in [1.82, 2.24) is 0 Å². The van der Waals surface area contributed by atoms with E-state index in [4.69, 9.17) is 0 Å². The average molecular weight is 244 g/mol. The Kier molecular flexibility index (Phi) is 3.71. The second-order valence-electron chi connectivity index (χ2n) is 5.37. The second kappa shape index (κ2) is 5.08. The lowest BCUT2D eigenvalue weighted by molar-refractivity contribution is 0.157. The maximum atomic E-state index is 9.77. The van der Waals surface area contributed by atoms with Gasteiger partial charge in [0, 0.05) is 5.92 Å². The van der Waals surface area contributed by atoms with Crippen LogP contribution in [-0.2, 0) is 0 Å². The molecule has 1 aromatic carbocycles. The van der Waals surface area contributed by atoms with Crippen molar-refractivity contribution in [3.63, 3.8) is 0 Å². The van der Waals surface area contributed by atoms with E-state index < -0.39 is 8.07 Å². The number of hydrogen-bond acceptors (Lipinski definition) is 1. The summed E-state index contributed by atoms with van der Waals surface area (Å²) in [7, 11) is -1.65. The van der Waals surface area contributed by atoms with Gasteiger partial charge in [-0.2, -0.15) is 0 Å². The summed E-state index contributed by atoms with van der Waals surface area (Å²) in [5.41, 5.74) is 3.48. The summed E-state index contributed by atoms with van der Waals surface area (Å²) < 4.78 is 0. The molecule has 1 aliphatic rings. The first kappa shape index (κ1) is 12.4. The first-order chi connectivity index (χ1) is 8.09. The molecule has 2 atom stereocenters. The Hall–Kier alpha value is -1.04. The zero-order valence-corrected chi connectivity index (χ0v) is 11.6. The monoisotopic (exact) mass is 244 g/mol. The standard InChI is InChI=1S/C15H20OSi/c1-17(2,14-8-4-3-5-9-14)12-11-13-7-6-10-15(13)16/h3-5,8-9,13,15-16H,6-7,10H2,1-2H3/t13-,15-/m1/s1. The maximum Gasteiger partial charge on any atom is 0.162 e. The highest BCUT2D eigenvalue weighted by Gasteiger charge is 2.25. The van der Waals surface area contributed by atoms with Crippen LogP contribution >= 0.6 is 0 Å². The van der Waals surface area contributed by atoms with Crippen molar-refractivity contribution in [3.05, 3.63) is 30.3 Å². The normalized spacial score (nSPS) is 24.2. The molecular formula is C15H20OSi. The van der Waals surface area contributed by atoms with Crippen LogP contribution in [0.3, 0.4) is 0 Å². The SMILES string of the molecule is C[Si](C)(C#C[C@H]1CCC[C@H]1O)c1ccccc1. The summed E-state index contributed by atoms with van der Waals surface area (Å²) in [6, 6.07) is 10.5. The molecule has 0 aromatic heterocycles. The van der Waals surface area contributed by atoms with Crippen LogP contribution < -0.4 is 5.19 Å². The van der Waals surface area contributed by atoms with Crippen LogP contribution in [0.5, 0.6) is 0 Å². The van der Waals surface area contributed by atoms with Gasteiger partial charge in [-0.25, -0.2) is 0 Å². The minimum Gasteiger partial charge on any atom is -0.392 e. The van der Waals surface area contributed by atoms with Gasteiger partial charge in [0.2, 0.25) is 0 Å². The summed E-state index contributed by atoms with van der Waals surface area (Å²) in [6.07, 6.45) is 2.91. The average Bonchev–Trinajstić information content (AvgIpc) is 2.74. The Morgan fingerprint density at radius 1 is 1.18 bits per heavy atom. The minimum atomic E-state index is -1.65. The minimum absolute atomic E-state index is 0.192. The summed E-state index contributed by atoms with van der Waals surface area (Å²) in [5.74, 6) is 3.55. The van der Waals surface area contributed by atoms with E-state index >= 15 is 0 Å². The van der Waals surface area contributed by atoms with Crippen LogP contribution in [0.4, 0.5) is 0 Å². The lowest BCUT2D eigenvalue weighted by atomic mass is 10.1. The summed E-state index contributed by atoms with van der Waals surface area (Å²) in [4.78, 5) is 0. The number of benzene rings is 1. The Bertz CT molecular complexity index is 427. The van der Waals surface area contributed by atoms with E-state index in [1.807, 2.05) is 6.07 Å². The van der Waals surface area contributed by atoms with Crippen molar-refractivity contribution in [2.75, 3.05) is 0 Å². The van der Waals surface area contributed by atoms with Crippen LogP contribution in [0.25, 0.3) is 0 Å². The zero-order chi connectivity index (χ0) is 12.3. The molecule has 17 heavy (non-hydrogen) atoms. The van der Waals surface area contributed by atoms with Crippen LogP contribution in [0, 0.1) is 17.4 Å². The predicted octanol–water partition coefficient (Wildman–Crippen LogP) is 2.31. The molecule has 1 nitrogen and oxygen atoms in total. The Morgan fingerprint density at radius 3 is 2.47 bits per heavy atom. The van der Waals surface area contributed by atoms with Crippen LogP contribution in [-0.4, -0.2) is 19.3 Å². The molecule has 2 rings (SSSR count). The molecule has 0 spiro atoms. The van der Waals surface area contributed by atoms with E-state index in [0.29, 0.717) is 0 Å². The van der Waals surface area contributed by atoms with Gasteiger partial charge in [0.1, 0.15) is 0 Å². The predicted molar refractivity (Wildman–Crippen MR) is 74.7 cm³/mol. The fourth-order valence-electron chi connectivity index (χ4n) is 2.31. The largest absolute Gasteiger partial charge is 0.392 e. The highest BCUT2D eigenvalue weighted by atomic mass is 28.3. The van der Waals surface area contributed by atoms with Crippen molar-refractivity contribution >= 4 is 13.3 Å². The van der Waals surface area contributed by atoms with Gasteiger partial charge in [-0.3, -0.25) is 0 Å². The molecule has 0 saturated heterocycles. The van der Waals surface area contributed by atoms with Gasteiger partial charge in [0.05, 0.1) is 6.10 Å². The number of hydrogen-bond donors (Lipinski definition) is 1. The molecule has 0 aliphatic heterocycles. The molecule has 1 fully saturated rings. The quantitative estimate of drug-likeness (QED) is 0.594. The molecule has 90 valence electrons. The molecule has 2 heteroatoms. The van der Waals surface area contributed by atoms with Gasteiger partial charge >= 0.3 is 0 Å². The Labute approximate surface area is 105 Å². The molecule has 1 aliphatic carbocycles. The Balaban J connectivity index is 2.15. The third-order valence-corrected chi connectivity index (χ3v) is 6.09.